The van der Waals surface area contributed by atoms with E-state index in [0.29, 0.717) is 61.2 Å². The van der Waals surface area contributed by atoms with Crippen LogP contribution in [0.25, 0.3) is 11.1 Å². The summed E-state index contributed by atoms with van der Waals surface area (Å²) in [4.78, 5) is 12.7. The minimum atomic E-state index is -1.23. The monoisotopic (exact) mass is 526 g/mol. The summed E-state index contributed by atoms with van der Waals surface area (Å²) >= 11 is 0. The molecule has 3 aromatic carbocycles. The van der Waals surface area contributed by atoms with Gasteiger partial charge in [-0.25, -0.2) is 8.78 Å². The maximum absolute atomic E-state index is 14.9. The van der Waals surface area contributed by atoms with E-state index in [1.807, 2.05) is 13.8 Å². The van der Waals surface area contributed by atoms with E-state index in [9.17, 15) is 23.1 Å². The van der Waals surface area contributed by atoms with Crippen molar-refractivity contribution in [3.05, 3.63) is 83.2 Å². The highest BCUT2D eigenvalue weighted by Crippen LogP contribution is 2.39. The Balaban J connectivity index is 1.38. The third kappa shape index (κ3) is 6.21. The highest BCUT2D eigenvalue weighted by Gasteiger charge is 2.30. The van der Waals surface area contributed by atoms with Gasteiger partial charge in [0.2, 0.25) is 5.82 Å². The van der Waals surface area contributed by atoms with Crippen molar-refractivity contribution in [2.45, 2.75) is 64.4 Å². The highest BCUT2D eigenvalue weighted by atomic mass is 19.2. The number of rotatable bonds is 9. The summed E-state index contributed by atoms with van der Waals surface area (Å²) < 4.78 is 54.9. The molecular formula is C31H33F3O4. The molecule has 0 radical (unpaired) electrons. The standard InChI is InChI=1S/C31H33F3O4/c1-3-5-27(35)21-10-6-20(7-11-21)25-16-17-28(30(34)29(25)33)38-31(36)22-12-8-19(9-13-22)24-15-14-23(37-4-2)18-26(24)32/h6-7,10-11,14-19,22,27,35H,3-5,8-9,12-13H2,1-2H3. The molecule has 38 heavy (non-hydrogen) atoms. The second-order valence-corrected chi connectivity index (χ2v) is 9.75. The molecule has 1 saturated carbocycles. The van der Waals surface area contributed by atoms with Crippen molar-refractivity contribution in [1.82, 2.24) is 0 Å². The van der Waals surface area contributed by atoms with Crippen LogP contribution < -0.4 is 9.47 Å². The molecule has 1 N–H and O–H groups in total. The third-order valence-electron chi connectivity index (χ3n) is 7.21. The number of carbonyl (C=O) groups excluding carboxylic acids is 1. The molecule has 1 atom stereocenters. The Hall–Kier alpha value is -3.32. The molecule has 4 rings (SSSR count). The van der Waals surface area contributed by atoms with Gasteiger partial charge in [0.25, 0.3) is 0 Å². The van der Waals surface area contributed by atoms with E-state index < -0.39 is 35.4 Å². The topological polar surface area (TPSA) is 55.8 Å². The summed E-state index contributed by atoms with van der Waals surface area (Å²) in [5, 5.41) is 10.1. The zero-order valence-corrected chi connectivity index (χ0v) is 21.7. The summed E-state index contributed by atoms with van der Waals surface area (Å²) in [7, 11) is 0. The first-order valence-corrected chi connectivity index (χ1v) is 13.2. The molecule has 3 aromatic rings. The second kappa shape index (κ2) is 12.5. The van der Waals surface area contributed by atoms with E-state index in [0.717, 1.165) is 6.42 Å². The van der Waals surface area contributed by atoms with Crippen LogP contribution in [0.2, 0.25) is 0 Å². The fourth-order valence-electron chi connectivity index (χ4n) is 5.09. The number of carbonyl (C=O) groups is 1. The Morgan fingerprint density at radius 3 is 2.29 bits per heavy atom. The van der Waals surface area contributed by atoms with E-state index in [4.69, 9.17) is 9.47 Å². The van der Waals surface area contributed by atoms with Gasteiger partial charge in [-0.3, -0.25) is 4.79 Å². The van der Waals surface area contributed by atoms with Crippen molar-refractivity contribution in [3.8, 4) is 22.6 Å². The van der Waals surface area contributed by atoms with Gasteiger partial charge in [0.15, 0.2) is 11.6 Å². The molecule has 1 aliphatic carbocycles. The Labute approximate surface area is 221 Å². The van der Waals surface area contributed by atoms with Crippen LogP contribution in [-0.4, -0.2) is 17.7 Å². The molecular weight excluding hydrogens is 493 g/mol. The van der Waals surface area contributed by atoms with E-state index in [1.165, 1.54) is 18.2 Å². The number of hydrogen-bond acceptors (Lipinski definition) is 4. The lowest BCUT2D eigenvalue weighted by molar-refractivity contribution is -0.140. The van der Waals surface area contributed by atoms with Gasteiger partial charge in [-0.1, -0.05) is 43.7 Å². The molecule has 1 aliphatic rings. The molecule has 0 spiro atoms. The molecule has 0 amide bonds. The summed E-state index contributed by atoms with van der Waals surface area (Å²) in [6.07, 6.45) is 2.94. The minimum absolute atomic E-state index is 0.0299. The first-order chi connectivity index (χ1) is 18.3. The fourth-order valence-corrected chi connectivity index (χ4v) is 5.09. The van der Waals surface area contributed by atoms with Crippen molar-refractivity contribution in [3.63, 3.8) is 0 Å². The predicted molar refractivity (Wildman–Crippen MR) is 140 cm³/mol. The van der Waals surface area contributed by atoms with Crippen molar-refractivity contribution in [2.75, 3.05) is 6.61 Å². The van der Waals surface area contributed by atoms with Crippen molar-refractivity contribution in [2.24, 2.45) is 5.92 Å². The first-order valence-electron chi connectivity index (χ1n) is 13.2. The predicted octanol–water partition coefficient (Wildman–Crippen LogP) is 7.88. The van der Waals surface area contributed by atoms with Gasteiger partial charge in [-0.05, 0) is 79.8 Å². The third-order valence-corrected chi connectivity index (χ3v) is 7.21. The molecule has 0 aliphatic heterocycles. The van der Waals surface area contributed by atoms with Crippen LogP contribution >= 0.6 is 0 Å². The van der Waals surface area contributed by atoms with Gasteiger partial charge in [0.05, 0.1) is 18.6 Å². The number of aliphatic hydroxyl groups is 1. The highest BCUT2D eigenvalue weighted by molar-refractivity contribution is 5.76. The van der Waals surface area contributed by atoms with E-state index in [1.54, 1.807) is 36.4 Å². The number of aliphatic hydroxyl groups excluding tert-OH is 1. The maximum Gasteiger partial charge on any atom is 0.314 e. The Bertz CT molecular complexity index is 1250. The number of ether oxygens (including phenoxy) is 2. The summed E-state index contributed by atoms with van der Waals surface area (Å²) in [5.74, 6) is -3.75. The van der Waals surface area contributed by atoms with E-state index in [2.05, 4.69) is 0 Å². The molecule has 0 heterocycles. The lowest BCUT2D eigenvalue weighted by atomic mass is 9.78. The van der Waals surface area contributed by atoms with Gasteiger partial charge >= 0.3 is 5.97 Å². The number of hydrogen-bond donors (Lipinski definition) is 1. The molecule has 0 saturated heterocycles. The van der Waals surface area contributed by atoms with Crippen molar-refractivity contribution >= 4 is 5.97 Å². The van der Waals surface area contributed by atoms with Gasteiger partial charge < -0.3 is 14.6 Å². The van der Waals surface area contributed by atoms with Crippen LogP contribution in [0.15, 0.2) is 54.6 Å². The molecule has 1 unspecified atom stereocenters. The second-order valence-electron chi connectivity index (χ2n) is 9.75. The van der Waals surface area contributed by atoms with Crippen molar-refractivity contribution < 1.29 is 32.5 Å². The molecule has 202 valence electrons. The average molecular weight is 527 g/mol. The van der Waals surface area contributed by atoms with E-state index >= 15 is 0 Å². The number of esters is 1. The Morgan fingerprint density at radius 2 is 1.66 bits per heavy atom. The molecule has 0 bridgehead atoms. The molecule has 4 nitrogen and oxygen atoms in total. The van der Waals surface area contributed by atoms with Gasteiger partial charge in [0, 0.05) is 11.6 Å². The zero-order valence-electron chi connectivity index (χ0n) is 21.7. The molecule has 1 fully saturated rings. The van der Waals surface area contributed by atoms with Crippen LogP contribution in [0.1, 0.15) is 75.5 Å². The van der Waals surface area contributed by atoms with Gasteiger partial charge in [0.1, 0.15) is 11.6 Å². The average Bonchev–Trinajstić information content (AvgIpc) is 2.92. The lowest BCUT2D eigenvalue weighted by Gasteiger charge is -2.28. The van der Waals surface area contributed by atoms with Crippen LogP contribution in [-0.2, 0) is 4.79 Å². The fraction of sp³-hybridized carbons (Fsp3) is 0.387. The van der Waals surface area contributed by atoms with Gasteiger partial charge in [-0.2, -0.15) is 4.39 Å². The van der Waals surface area contributed by atoms with Crippen LogP contribution in [0.5, 0.6) is 11.5 Å². The SMILES string of the molecule is CCCC(O)c1ccc(-c2ccc(OC(=O)C3CCC(c4ccc(OCC)cc4F)CC3)c(F)c2F)cc1. The van der Waals surface area contributed by atoms with Gasteiger partial charge in [-0.15, -0.1) is 0 Å². The van der Waals surface area contributed by atoms with Crippen LogP contribution in [0.3, 0.4) is 0 Å². The largest absolute Gasteiger partial charge is 0.494 e. The zero-order chi connectivity index (χ0) is 27.2. The molecule has 7 heteroatoms. The Morgan fingerprint density at radius 1 is 0.947 bits per heavy atom. The number of halogens is 3. The smallest absolute Gasteiger partial charge is 0.314 e. The lowest BCUT2D eigenvalue weighted by Crippen LogP contribution is -2.25. The van der Waals surface area contributed by atoms with Crippen LogP contribution in [0.4, 0.5) is 13.2 Å². The molecule has 0 aromatic heterocycles. The quantitative estimate of drug-likeness (QED) is 0.228. The first kappa shape index (κ1) is 27.7. The maximum atomic E-state index is 14.9. The van der Waals surface area contributed by atoms with Crippen LogP contribution in [0, 0.1) is 23.4 Å². The summed E-state index contributed by atoms with van der Waals surface area (Å²) in [5.41, 5.74) is 1.79. The normalized spacial score (nSPS) is 18.2. The summed E-state index contributed by atoms with van der Waals surface area (Å²) in [6, 6.07) is 14.1. The van der Waals surface area contributed by atoms with E-state index in [-0.39, 0.29) is 17.3 Å². The Kier molecular flexibility index (Phi) is 9.10. The minimum Gasteiger partial charge on any atom is -0.494 e. The summed E-state index contributed by atoms with van der Waals surface area (Å²) in [6.45, 7) is 4.26. The van der Waals surface area contributed by atoms with Crippen molar-refractivity contribution in [1.29, 1.82) is 0 Å². The number of benzene rings is 3.